The van der Waals surface area contributed by atoms with E-state index in [0.29, 0.717) is 23.2 Å². The Kier molecular flexibility index (Phi) is 6.40. The third-order valence-electron chi connectivity index (χ3n) is 4.82. The van der Waals surface area contributed by atoms with Gasteiger partial charge in [0.1, 0.15) is 10.7 Å². The van der Waals surface area contributed by atoms with Crippen LogP contribution in [0, 0.1) is 5.92 Å². The fourth-order valence-corrected chi connectivity index (χ4v) is 5.63. The highest BCUT2D eigenvalue weighted by atomic mass is 32.2. The summed E-state index contributed by atoms with van der Waals surface area (Å²) in [4.78, 5) is 34.3. The zero-order valence-electron chi connectivity index (χ0n) is 15.7. The molecule has 5 nitrogen and oxygen atoms in total. The van der Waals surface area contributed by atoms with Gasteiger partial charge in [0.2, 0.25) is 5.91 Å². The van der Waals surface area contributed by atoms with Gasteiger partial charge in [-0.3, -0.25) is 9.59 Å². The highest BCUT2D eigenvalue weighted by Crippen LogP contribution is 2.35. The van der Waals surface area contributed by atoms with Crippen molar-refractivity contribution >= 4 is 39.2 Å². The van der Waals surface area contributed by atoms with Gasteiger partial charge >= 0.3 is 0 Å². The summed E-state index contributed by atoms with van der Waals surface area (Å²) >= 11 is 3.15. The van der Waals surface area contributed by atoms with Gasteiger partial charge in [-0.05, 0) is 44.1 Å². The molecule has 26 heavy (non-hydrogen) atoms. The van der Waals surface area contributed by atoms with E-state index in [0.717, 1.165) is 42.3 Å². The highest BCUT2D eigenvalue weighted by molar-refractivity contribution is 7.99. The molecule has 7 heteroatoms. The Bertz CT molecular complexity index is 843. The lowest BCUT2D eigenvalue weighted by Crippen LogP contribution is -2.33. The number of thioether (sulfide) groups is 1. The summed E-state index contributed by atoms with van der Waals surface area (Å²) in [5, 5.41) is 3.78. The van der Waals surface area contributed by atoms with Crippen LogP contribution >= 0.6 is 23.1 Å². The predicted octanol–water partition coefficient (Wildman–Crippen LogP) is 3.65. The van der Waals surface area contributed by atoms with Crippen molar-refractivity contribution in [2.24, 2.45) is 5.92 Å². The lowest BCUT2D eigenvalue weighted by atomic mass is 9.89. The first kappa shape index (κ1) is 19.4. The summed E-state index contributed by atoms with van der Waals surface area (Å²) in [6.07, 6.45) is 5.22. The summed E-state index contributed by atoms with van der Waals surface area (Å²) in [5.74, 6) is 2.31. The van der Waals surface area contributed by atoms with Crippen molar-refractivity contribution in [3.63, 3.8) is 0 Å². The minimum atomic E-state index is -0.0290. The molecule has 0 unspecified atom stereocenters. The van der Waals surface area contributed by atoms with Gasteiger partial charge < -0.3 is 10.3 Å². The number of hydrogen-bond acceptors (Lipinski definition) is 5. The van der Waals surface area contributed by atoms with E-state index in [2.05, 4.69) is 29.1 Å². The molecule has 2 heterocycles. The first-order valence-electron chi connectivity index (χ1n) is 9.38. The van der Waals surface area contributed by atoms with E-state index < -0.39 is 0 Å². The maximum Gasteiger partial charge on any atom is 0.259 e. The van der Waals surface area contributed by atoms with Gasteiger partial charge in [-0.25, -0.2) is 4.98 Å². The average molecular weight is 394 g/mol. The number of amides is 1. The largest absolute Gasteiger partial charge is 0.353 e. The molecule has 1 aliphatic carbocycles. The highest BCUT2D eigenvalue weighted by Gasteiger charge is 2.23. The van der Waals surface area contributed by atoms with Crippen LogP contribution in [0.2, 0.25) is 0 Å². The summed E-state index contributed by atoms with van der Waals surface area (Å²) < 4.78 is 0. The number of aromatic amines is 1. The Morgan fingerprint density at radius 2 is 2.31 bits per heavy atom. The van der Waals surface area contributed by atoms with Gasteiger partial charge in [0.25, 0.3) is 5.56 Å². The molecular weight excluding hydrogens is 366 g/mol. The van der Waals surface area contributed by atoms with Gasteiger partial charge in [-0.15, -0.1) is 23.1 Å². The first-order chi connectivity index (χ1) is 12.5. The molecule has 0 bridgehead atoms. The summed E-state index contributed by atoms with van der Waals surface area (Å²) in [6, 6.07) is 0.210. The van der Waals surface area contributed by atoms with E-state index in [1.54, 1.807) is 11.3 Å². The lowest BCUT2D eigenvalue weighted by Gasteiger charge is -2.17. The standard InChI is InChI=1S/C19H27N3O2S2/c1-4-5-12(3)20-16(23)10-25-9-15-21-18(24)17-13-7-6-11(2)8-14(13)26-19(17)22-15/h11-12H,4-10H2,1-3H3,(H,20,23)(H,21,22,24)/t11-,12+/m1/s1. The van der Waals surface area contributed by atoms with E-state index >= 15 is 0 Å². The average Bonchev–Trinajstić information content (AvgIpc) is 2.92. The summed E-state index contributed by atoms with van der Waals surface area (Å²) in [7, 11) is 0. The number of carbonyl (C=O) groups is 1. The minimum Gasteiger partial charge on any atom is -0.353 e. The Labute approximate surface area is 162 Å². The number of aryl methyl sites for hydroxylation is 1. The summed E-state index contributed by atoms with van der Waals surface area (Å²) in [6.45, 7) is 6.40. The number of H-pyrrole nitrogens is 1. The molecule has 0 saturated heterocycles. The molecule has 142 valence electrons. The molecule has 1 amide bonds. The van der Waals surface area contributed by atoms with Gasteiger partial charge in [-0.1, -0.05) is 20.3 Å². The van der Waals surface area contributed by atoms with E-state index in [1.807, 2.05) is 6.92 Å². The number of rotatable bonds is 7. The van der Waals surface area contributed by atoms with Crippen molar-refractivity contribution in [3.05, 3.63) is 26.6 Å². The third kappa shape index (κ3) is 4.49. The molecular formula is C19H27N3O2S2. The van der Waals surface area contributed by atoms with Gasteiger partial charge in [0, 0.05) is 10.9 Å². The van der Waals surface area contributed by atoms with Crippen molar-refractivity contribution in [1.29, 1.82) is 0 Å². The second-order valence-corrected chi connectivity index (χ2v) is 9.36. The van der Waals surface area contributed by atoms with Crippen LogP contribution in [0.1, 0.15) is 56.3 Å². The van der Waals surface area contributed by atoms with Crippen LogP contribution in [0.3, 0.4) is 0 Å². The Morgan fingerprint density at radius 1 is 1.50 bits per heavy atom. The van der Waals surface area contributed by atoms with Crippen LogP contribution < -0.4 is 10.9 Å². The SMILES string of the molecule is CCC[C@H](C)NC(=O)CSCc1nc2sc3c(c2c(=O)[nH]1)CC[C@@H](C)C3. The van der Waals surface area contributed by atoms with Gasteiger partial charge in [-0.2, -0.15) is 0 Å². The van der Waals surface area contributed by atoms with E-state index in [1.165, 1.54) is 22.2 Å². The van der Waals surface area contributed by atoms with E-state index in [-0.39, 0.29) is 17.5 Å². The first-order valence-corrected chi connectivity index (χ1v) is 11.4. The van der Waals surface area contributed by atoms with Crippen molar-refractivity contribution in [1.82, 2.24) is 15.3 Å². The number of hydrogen-bond donors (Lipinski definition) is 2. The molecule has 2 atom stereocenters. The van der Waals surface area contributed by atoms with Crippen LogP contribution in [-0.4, -0.2) is 27.7 Å². The van der Waals surface area contributed by atoms with Crippen molar-refractivity contribution in [2.45, 2.75) is 64.7 Å². The minimum absolute atomic E-state index is 0.0290. The Hall–Kier alpha value is -1.34. The second kappa shape index (κ2) is 8.57. The van der Waals surface area contributed by atoms with Crippen LogP contribution in [0.15, 0.2) is 4.79 Å². The zero-order valence-corrected chi connectivity index (χ0v) is 17.3. The maximum atomic E-state index is 12.6. The molecule has 3 rings (SSSR count). The number of nitrogens with zero attached hydrogens (tertiary/aromatic N) is 1. The van der Waals surface area contributed by atoms with Crippen LogP contribution in [0.25, 0.3) is 10.2 Å². The smallest absolute Gasteiger partial charge is 0.259 e. The Morgan fingerprint density at radius 3 is 3.08 bits per heavy atom. The molecule has 0 aromatic carbocycles. The number of nitrogens with one attached hydrogen (secondary N) is 2. The number of aromatic nitrogens is 2. The molecule has 1 aliphatic rings. The molecule has 0 spiro atoms. The van der Waals surface area contributed by atoms with Crippen molar-refractivity contribution in [3.8, 4) is 0 Å². The molecule has 0 fully saturated rings. The van der Waals surface area contributed by atoms with Crippen LogP contribution in [0.5, 0.6) is 0 Å². The lowest BCUT2D eigenvalue weighted by molar-refractivity contribution is -0.119. The predicted molar refractivity (Wildman–Crippen MR) is 110 cm³/mol. The van der Waals surface area contributed by atoms with Crippen LogP contribution in [-0.2, 0) is 23.4 Å². The summed E-state index contributed by atoms with van der Waals surface area (Å²) in [5.41, 5.74) is 1.18. The molecule has 0 radical (unpaired) electrons. The second-order valence-electron chi connectivity index (χ2n) is 7.29. The Balaban J connectivity index is 1.64. The van der Waals surface area contributed by atoms with Crippen molar-refractivity contribution in [2.75, 3.05) is 5.75 Å². The molecule has 0 saturated carbocycles. The quantitative estimate of drug-likeness (QED) is 0.753. The van der Waals surface area contributed by atoms with E-state index in [9.17, 15) is 9.59 Å². The topological polar surface area (TPSA) is 74.8 Å². The normalized spacial score (nSPS) is 17.9. The fraction of sp³-hybridized carbons (Fsp3) is 0.632. The molecule has 2 aromatic rings. The molecule has 0 aliphatic heterocycles. The fourth-order valence-electron chi connectivity index (χ4n) is 3.52. The third-order valence-corrected chi connectivity index (χ3v) is 6.91. The number of fused-ring (bicyclic) bond motifs is 3. The van der Waals surface area contributed by atoms with Crippen molar-refractivity contribution < 1.29 is 4.79 Å². The number of thiophene rings is 1. The van der Waals surface area contributed by atoms with Crippen LogP contribution in [0.4, 0.5) is 0 Å². The molecule has 2 N–H and O–H groups in total. The number of carbonyl (C=O) groups excluding carboxylic acids is 1. The maximum absolute atomic E-state index is 12.6. The monoisotopic (exact) mass is 393 g/mol. The van der Waals surface area contributed by atoms with Gasteiger partial charge in [0.05, 0.1) is 16.9 Å². The molecule has 2 aromatic heterocycles. The zero-order chi connectivity index (χ0) is 18.7. The van der Waals surface area contributed by atoms with Gasteiger partial charge in [0.15, 0.2) is 0 Å². The van der Waals surface area contributed by atoms with E-state index in [4.69, 9.17) is 0 Å².